The second-order valence-electron chi connectivity index (χ2n) is 6.22. The van der Waals surface area contributed by atoms with Gasteiger partial charge in [0.05, 0.1) is 6.04 Å². The first-order chi connectivity index (χ1) is 12.1. The van der Waals surface area contributed by atoms with E-state index < -0.39 is 0 Å². The molecular weight excluding hydrogens is 400 g/mol. The van der Waals surface area contributed by atoms with Gasteiger partial charge in [0.15, 0.2) is 5.11 Å². The van der Waals surface area contributed by atoms with Gasteiger partial charge in [-0.15, -0.1) is 0 Å². The average molecular weight is 417 g/mol. The highest BCUT2D eigenvalue weighted by atomic mass is 79.9. The van der Waals surface area contributed by atoms with Crippen molar-refractivity contribution >= 4 is 50.7 Å². The van der Waals surface area contributed by atoms with Gasteiger partial charge in [-0.05, 0) is 71.7 Å². The van der Waals surface area contributed by atoms with Crippen molar-refractivity contribution in [1.29, 1.82) is 0 Å². The minimum absolute atomic E-state index is 0.136. The Hall–Kier alpha value is -1.99. The zero-order valence-electron chi connectivity index (χ0n) is 13.5. The fraction of sp³-hybridized carbons (Fsp3) is 0.278. The molecule has 4 rings (SSSR count). The summed E-state index contributed by atoms with van der Waals surface area (Å²) in [6.45, 7) is 0.836. The van der Waals surface area contributed by atoms with Crippen LogP contribution in [0.5, 0.6) is 0 Å². The van der Waals surface area contributed by atoms with Crippen LogP contribution < -0.4 is 10.6 Å². The largest absolute Gasteiger partial charge is 0.332 e. The number of amides is 1. The van der Waals surface area contributed by atoms with Crippen LogP contribution in [0, 0.1) is 0 Å². The van der Waals surface area contributed by atoms with E-state index in [2.05, 4.69) is 31.5 Å². The van der Waals surface area contributed by atoms with E-state index in [0.717, 1.165) is 47.1 Å². The van der Waals surface area contributed by atoms with Gasteiger partial charge >= 0.3 is 0 Å². The summed E-state index contributed by atoms with van der Waals surface area (Å²) in [6, 6.07) is 9.70. The molecule has 128 valence electrons. The number of carbonyl (C=O) groups is 1. The van der Waals surface area contributed by atoms with E-state index in [1.54, 1.807) is 6.20 Å². The number of thiocarbonyl (C=S) groups is 1. The number of benzene rings is 1. The van der Waals surface area contributed by atoms with Gasteiger partial charge in [-0.25, -0.2) is 4.98 Å². The molecule has 0 spiro atoms. The number of piperidine rings is 1. The van der Waals surface area contributed by atoms with Crippen molar-refractivity contribution in [2.45, 2.75) is 25.3 Å². The molecule has 0 saturated carbocycles. The highest BCUT2D eigenvalue weighted by molar-refractivity contribution is 9.10. The molecule has 0 bridgehead atoms. The maximum atomic E-state index is 12.6. The molecule has 2 N–H and O–H groups in total. The van der Waals surface area contributed by atoms with E-state index in [4.69, 9.17) is 12.2 Å². The minimum Gasteiger partial charge on any atom is -0.332 e. The first-order valence-corrected chi connectivity index (χ1v) is 9.47. The predicted molar refractivity (Wildman–Crippen MR) is 106 cm³/mol. The second-order valence-corrected chi connectivity index (χ2v) is 7.54. The Balaban J connectivity index is 1.57. The molecule has 0 radical (unpaired) electrons. The van der Waals surface area contributed by atoms with E-state index in [1.807, 2.05) is 35.2 Å². The lowest BCUT2D eigenvalue weighted by molar-refractivity contribution is 0.0672. The number of hydrogen-bond acceptors (Lipinski definition) is 3. The molecule has 5 nitrogen and oxygen atoms in total. The van der Waals surface area contributed by atoms with Gasteiger partial charge in [0.25, 0.3) is 5.91 Å². The Labute approximate surface area is 159 Å². The Bertz CT molecular complexity index is 839. The number of nitrogens with zero attached hydrogens (tertiary/aromatic N) is 2. The summed E-state index contributed by atoms with van der Waals surface area (Å²) in [5.74, 6) is 0.806. The fourth-order valence-electron chi connectivity index (χ4n) is 3.57. The van der Waals surface area contributed by atoms with Crippen molar-refractivity contribution in [2.75, 3.05) is 17.2 Å². The van der Waals surface area contributed by atoms with E-state index in [-0.39, 0.29) is 11.9 Å². The van der Waals surface area contributed by atoms with Crippen LogP contribution in [0.4, 0.5) is 11.5 Å². The zero-order chi connectivity index (χ0) is 17.4. The summed E-state index contributed by atoms with van der Waals surface area (Å²) < 4.78 is 0.911. The summed E-state index contributed by atoms with van der Waals surface area (Å²) in [7, 11) is 0. The lowest BCUT2D eigenvalue weighted by Gasteiger charge is -2.30. The molecular formula is C18H17BrN4OS. The molecule has 1 atom stereocenters. The number of pyridine rings is 1. The van der Waals surface area contributed by atoms with Crippen LogP contribution in [0.2, 0.25) is 0 Å². The van der Waals surface area contributed by atoms with Gasteiger partial charge < -0.3 is 15.5 Å². The number of fused-ring (bicyclic) bond motifs is 3. The Morgan fingerprint density at radius 3 is 2.92 bits per heavy atom. The predicted octanol–water partition coefficient (Wildman–Crippen LogP) is 4.33. The molecule has 3 heterocycles. The van der Waals surface area contributed by atoms with Crippen LogP contribution >= 0.6 is 28.1 Å². The van der Waals surface area contributed by atoms with E-state index >= 15 is 0 Å². The number of hydrogen-bond donors (Lipinski definition) is 2. The lowest BCUT2D eigenvalue weighted by atomic mass is 9.96. The minimum atomic E-state index is 0.136. The number of halogens is 1. The van der Waals surface area contributed by atoms with E-state index in [1.165, 1.54) is 0 Å². The molecule has 2 aliphatic heterocycles. The highest BCUT2D eigenvalue weighted by Gasteiger charge is 2.39. The molecule has 1 aromatic carbocycles. The monoisotopic (exact) mass is 416 g/mol. The van der Waals surface area contributed by atoms with Crippen LogP contribution in [0.1, 0.15) is 41.2 Å². The number of rotatable bonds is 2. The van der Waals surface area contributed by atoms with Crippen LogP contribution in [0.15, 0.2) is 41.0 Å². The highest BCUT2D eigenvalue weighted by Crippen LogP contribution is 2.43. The van der Waals surface area contributed by atoms with Crippen LogP contribution in [-0.2, 0) is 0 Å². The molecule has 1 fully saturated rings. The SMILES string of the molecule is O=C1c2cccc(NC(=S)Nc3ccc(Br)cn3)c2C2CCCCN12. The Morgan fingerprint density at radius 1 is 1.24 bits per heavy atom. The van der Waals surface area contributed by atoms with Gasteiger partial charge in [-0.2, -0.15) is 0 Å². The standard InChI is InChI=1S/C18H17BrN4OS/c19-11-7-8-15(20-10-11)22-18(25)21-13-5-3-4-12-16(13)14-6-1-2-9-23(14)17(12)24/h3-5,7-8,10,14H,1-2,6,9H2,(H2,20,21,22,25). The average Bonchev–Trinajstić information content (AvgIpc) is 2.91. The van der Waals surface area contributed by atoms with E-state index in [9.17, 15) is 4.79 Å². The molecule has 1 saturated heterocycles. The molecule has 1 amide bonds. The van der Waals surface area contributed by atoms with Crippen LogP contribution in [-0.4, -0.2) is 27.4 Å². The molecule has 2 aromatic rings. The van der Waals surface area contributed by atoms with Crippen LogP contribution in [0.3, 0.4) is 0 Å². The third-order valence-electron chi connectivity index (χ3n) is 4.65. The molecule has 1 aromatic heterocycles. The van der Waals surface area contributed by atoms with Gasteiger partial charge in [0, 0.05) is 34.0 Å². The number of aromatic nitrogens is 1. The van der Waals surface area contributed by atoms with Gasteiger partial charge in [-0.1, -0.05) is 6.07 Å². The van der Waals surface area contributed by atoms with Gasteiger partial charge in [0.1, 0.15) is 5.82 Å². The molecule has 25 heavy (non-hydrogen) atoms. The third-order valence-corrected chi connectivity index (χ3v) is 5.32. The van der Waals surface area contributed by atoms with Crippen molar-refractivity contribution in [1.82, 2.24) is 9.88 Å². The van der Waals surface area contributed by atoms with Crippen molar-refractivity contribution in [3.05, 3.63) is 52.1 Å². The summed E-state index contributed by atoms with van der Waals surface area (Å²) in [6.07, 6.45) is 4.94. The van der Waals surface area contributed by atoms with Gasteiger partial charge in [-0.3, -0.25) is 4.79 Å². The smallest absolute Gasteiger partial charge is 0.254 e. The normalized spacial score (nSPS) is 18.5. The van der Waals surface area contributed by atoms with Crippen molar-refractivity contribution in [2.24, 2.45) is 0 Å². The summed E-state index contributed by atoms with van der Waals surface area (Å²) in [5, 5.41) is 6.79. The molecule has 2 aliphatic rings. The topological polar surface area (TPSA) is 57.3 Å². The van der Waals surface area contributed by atoms with Crippen LogP contribution in [0.25, 0.3) is 0 Å². The summed E-state index contributed by atoms with van der Waals surface area (Å²) in [4.78, 5) is 18.9. The maximum Gasteiger partial charge on any atom is 0.254 e. The zero-order valence-corrected chi connectivity index (χ0v) is 15.9. The number of carbonyl (C=O) groups excluding carboxylic acids is 1. The molecule has 1 unspecified atom stereocenters. The summed E-state index contributed by atoms with van der Waals surface area (Å²) >= 11 is 8.79. The Morgan fingerprint density at radius 2 is 2.12 bits per heavy atom. The first-order valence-electron chi connectivity index (χ1n) is 8.27. The number of nitrogens with one attached hydrogen (secondary N) is 2. The van der Waals surface area contributed by atoms with E-state index in [0.29, 0.717) is 10.9 Å². The van der Waals surface area contributed by atoms with Crippen molar-refractivity contribution < 1.29 is 4.79 Å². The quantitative estimate of drug-likeness (QED) is 0.713. The summed E-state index contributed by atoms with van der Waals surface area (Å²) in [5.41, 5.74) is 2.76. The second kappa shape index (κ2) is 6.72. The molecule has 7 heteroatoms. The van der Waals surface area contributed by atoms with Gasteiger partial charge in [0.2, 0.25) is 0 Å². The fourth-order valence-corrected chi connectivity index (χ4v) is 4.02. The van der Waals surface area contributed by atoms with Crippen molar-refractivity contribution in [3.63, 3.8) is 0 Å². The first kappa shape index (κ1) is 16.5. The molecule has 0 aliphatic carbocycles. The van der Waals surface area contributed by atoms with Crippen molar-refractivity contribution in [3.8, 4) is 0 Å². The Kier molecular flexibility index (Phi) is 4.43. The number of anilines is 2. The maximum absolute atomic E-state index is 12.6. The lowest BCUT2D eigenvalue weighted by Crippen LogP contribution is -2.32. The third kappa shape index (κ3) is 3.14.